The van der Waals surface area contributed by atoms with E-state index in [0.717, 1.165) is 25.1 Å². The van der Waals surface area contributed by atoms with Gasteiger partial charge in [0.05, 0.1) is 0 Å². The van der Waals surface area contributed by atoms with Gasteiger partial charge in [0.1, 0.15) is 0 Å². The molecule has 0 aliphatic carbocycles. The first-order valence-electron chi connectivity index (χ1n) is 8.32. The molecule has 0 aromatic heterocycles. The summed E-state index contributed by atoms with van der Waals surface area (Å²) in [4.78, 5) is 15.1. The number of fused-ring (bicyclic) bond motifs is 1. The van der Waals surface area contributed by atoms with Crippen LogP contribution < -0.4 is 10.6 Å². The number of carbonyl (C=O) groups excluding carboxylic acids is 1. The second-order valence-corrected chi connectivity index (χ2v) is 6.74. The van der Waals surface area contributed by atoms with Crippen molar-refractivity contribution >= 4 is 17.2 Å². The molecule has 0 saturated carbocycles. The fourth-order valence-corrected chi connectivity index (χ4v) is 3.22. The molecule has 3 heteroatoms. The number of benzene rings is 2. The Kier molecular flexibility index (Phi) is 4.37. The van der Waals surface area contributed by atoms with Gasteiger partial charge in [-0.2, -0.15) is 0 Å². The van der Waals surface area contributed by atoms with Gasteiger partial charge in [-0.1, -0.05) is 26.0 Å². The minimum Gasteiger partial charge on any atom is -0.399 e. The number of carbonyl (C=O) groups is 1. The van der Waals surface area contributed by atoms with Crippen LogP contribution in [0.2, 0.25) is 0 Å². The second-order valence-electron chi connectivity index (χ2n) is 6.74. The van der Waals surface area contributed by atoms with Crippen molar-refractivity contribution in [2.45, 2.75) is 26.7 Å². The van der Waals surface area contributed by atoms with E-state index in [0.29, 0.717) is 17.2 Å². The van der Waals surface area contributed by atoms with Gasteiger partial charge in [-0.3, -0.25) is 4.79 Å². The SMILES string of the molecule is CC(C)CN1CCCc2ccc(C(=O)c3ccc(N)cc3)cc21. The highest BCUT2D eigenvalue weighted by atomic mass is 16.1. The van der Waals surface area contributed by atoms with Crippen LogP contribution in [-0.2, 0) is 6.42 Å². The number of aryl methyl sites for hydroxylation is 1. The molecule has 0 fully saturated rings. The molecule has 1 heterocycles. The zero-order chi connectivity index (χ0) is 16.4. The van der Waals surface area contributed by atoms with Gasteiger partial charge in [0.25, 0.3) is 0 Å². The molecule has 0 atom stereocenters. The van der Waals surface area contributed by atoms with E-state index in [-0.39, 0.29) is 5.78 Å². The molecule has 0 bridgehead atoms. The number of rotatable bonds is 4. The quantitative estimate of drug-likeness (QED) is 0.688. The van der Waals surface area contributed by atoms with Crippen molar-refractivity contribution in [3.05, 3.63) is 59.2 Å². The van der Waals surface area contributed by atoms with Crippen LogP contribution in [0.25, 0.3) is 0 Å². The molecule has 0 amide bonds. The van der Waals surface area contributed by atoms with Gasteiger partial charge in [-0.05, 0) is 54.7 Å². The van der Waals surface area contributed by atoms with E-state index >= 15 is 0 Å². The molecule has 3 rings (SSSR count). The Bertz CT molecular complexity index is 704. The number of anilines is 2. The van der Waals surface area contributed by atoms with Crippen LogP contribution in [-0.4, -0.2) is 18.9 Å². The molecule has 0 unspecified atom stereocenters. The number of nitrogens with two attached hydrogens (primary N) is 1. The minimum atomic E-state index is 0.0582. The molecular formula is C20H24N2O. The molecule has 120 valence electrons. The topological polar surface area (TPSA) is 46.3 Å². The summed E-state index contributed by atoms with van der Waals surface area (Å²) in [7, 11) is 0. The smallest absolute Gasteiger partial charge is 0.193 e. The van der Waals surface area contributed by atoms with Crippen LogP contribution in [0.1, 0.15) is 41.8 Å². The largest absolute Gasteiger partial charge is 0.399 e. The molecule has 2 aromatic rings. The third kappa shape index (κ3) is 3.39. The lowest BCUT2D eigenvalue weighted by atomic mass is 9.95. The summed E-state index contributed by atoms with van der Waals surface area (Å²) in [5, 5.41) is 0. The molecule has 1 aliphatic rings. The van der Waals surface area contributed by atoms with Crippen molar-refractivity contribution < 1.29 is 4.79 Å². The Balaban J connectivity index is 1.92. The van der Waals surface area contributed by atoms with Gasteiger partial charge in [-0.25, -0.2) is 0 Å². The van der Waals surface area contributed by atoms with E-state index in [1.54, 1.807) is 24.3 Å². The van der Waals surface area contributed by atoms with E-state index in [2.05, 4.69) is 30.9 Å². The van der Waals surface area contributed by atoms with Crippen LogP contribution in [0, 0.1) is 5.92 Å². The van der Waals surface area contributed by atoms with Crippen LogP contribution in [0.4, 0.5) is 11.4 Å². The van der Waals surface area contributed by atoms with Gasteiger partial charge in [0, 0.05) is 35.6 Å². The normalized spacial score (nSPS) is 14.0. The van der Waals surface area contributed by atoms with Gasteiger partial charge in [0.15, 0.2) is 5.78 Å². The van der Waals surface area contributed by atoms with Crippen molar-refractivity contribution in [1.82, 2.24) is 0 Å². The number of hydrogen-bond acceptors (Lipinski definition) is 3. The molecule has 0 saturated heterocycles. The van der Waals surface area contributed by atoms with Crippen LogP contribution in [0.3, 0.4) is 0 Å². The van der Waals surface area contributed by atoms with E-state index in [1.165, 1.54) is 17.7 Å². The van der Waals surface area contributed by atoms with E-state index in [1.807, 2.05) is 6.07 Å². The molecular weight excluding hydrogens is 284 g/mol. The van der Waals surface area contributed by atoms with Gasteiger partial charge in [0.2, 0.25) is 0 Å². The van der Waals surface area contributed by atoms with Crippen LogP contribution >= 0.6 is 0 Å². The van der Waals surface area contributed by atoms with Crippen molar-refractivity contribution in [3.63, 3.8) is 0 Å². The number of ketones is 1. The van der Waals surface area contributed by atoms with Gasteiger partial charge < -0.3 is 10.6 Å². The molecule has 0 radical (unpaired) electrons. The Hall–Kier alpha value is -2.29. The highest BCUT2D eigenvalue weighted by molar-refractivity contribution is 6.09. The molecule has 23 heavy (non-hydrogen) atoms. The summed E-state index contributed by atoms with van der Waals surface area (Å²) in [6, 6.07) is 13.3. The molecule has 0 spiro atoms. The number of nitrogen functional groups attached to an aromatic ring is 1. The van der Waals surface area contributed by atoms with Gasteiger partial charge >= 0.3 is 0 Å². The Morgan fingerprint density at radius 1 is 1.13 bits per heavy atom. The average Bonchev–Trinajstić information content (AvgIpc) is 2.54. The predicted molar refractivity (Wildman–Crippen MR) is 96.1 cm³/mol. The molecule has 2 aromatic carbocycles. The highest BCUT2D eigenvalue weighted by Gasteiger charge is 2.20. The lowest BCUT2D eigenvalue weighted by Gasteiger charge is -2.33. The van der Waals surface area contributed by atoms with Gasteiger partial charge in [-0.15, -0.1) is 0 Å². The fraction of sp³-hybridized carbons (Fsp3) is 0.350. The highest BCUT2D eigenvalue weighted by Crippen LogP contribution is 2.29. The lowest BCUT2D eigenvalue weighted by Crippen LogP contribution is -2.32. The maximum absolute atomic E-state index is 12.7. The van der Waals surface area contributed by atoms with Crippen molar-refractivity contribution in [3.8, 4) is 0 Å². The van der Waals surface area contributed by atoms with Crippen LogP contribution in [0.5, 0.6) is 0 Å². The predicted octanol–water partition coefficient (Wildman–Crippen LogP) is 3.91. The van der Waals surface area contributed by atoms with Crippen LogP contribution in [0.15, 0.2) is 42.5 Å². The third-order valence-electron chi connectivity index (χ3n) is 4.32. The first kappa shape index (κ1) is 15.6. The minimum absolute atomic E-state index is 0.0582. The fourth-order valence-electron chi connectivity index (χ4n) is 3.22. The second kappa shape index (κ2) is 6.45. The first-order valence-corrected chi connectivity index (χ1v) is 8.32. The van der Waals surface area contributed by atoms with Crippen molar-refractivity contribution in [1.29, 1.82) is 0 Å². The number of hydrogen-bond donors (Lipinski definition) is 1. The monoisotopic (exact) mass is 308 g/mol. The standard InChI is InChI=1S/C20H24N2O/c1-14(2)13-22-11-3-4-15-5-6-17(12-19(15)22)20(23)16-7-9-18(21)10-8-16/h5-10,12,14H,3-4,11,13,21H2,1-2H3. The van der Waals surface area contributed by atoms with Crippen molar-refractivity contribution in [2.24, 2.45) is 5.92 Å². The molecule has 3 nitrogen and oxygen atoms in total. The summed E-state index contributed by atoms with van der Waals surface area (Å²) < 4.78 is 0. The Labute approximate surface area is 138 Å². The van der Waals surface area contributed by atoms with E-state index < -0.39 is 0 Å². The molecule has 2 N–H and O–H groups in total. The Morgan fingerprint density at radius 3 is 2.52 bits per heavy atom. The van der Waals surface area contributed by atoms with Crippen molar-refractivity contribution in [2.75, 3.05) is 23.7 Å². The van der Waals surface area contributed by atoms with E-state index in [9.17, 15) is 4.79 Å². The lowest BCUT2D eigenvalue weighted by molar-refractivity contribution is 0.103. The zero-order valence-corrected chi connectivity index (χ0v) is 13.9. The molecule has 1 aliphatic heterocycles. The summed E-state index contributed by atoms with van der Waals surface area (Å²) in [5.41, 5.74) is 10.4. The third-order valence-corrected chi connectivity index (χ3v) is 4.32. The van der Waals surface area contributed by atoms with E-state index in [4.69, 9.17) is 5.73 Å². The summed E-state index contributed by atoms with van der Waals surface area (Å²) in [6.45, 7) is 6.58. The zero-order valence-electron chi connectivity index (χ0n) is 13.9. The average molecular weight is 308 g/mol. The summed E-state index contributed by atoms with van der Waals surface area (Å²) in [6.07, 6.45) is 2.28. The maximum atomic E-state index is 12.7. The first-order chi connectivity index (χ1) is 11.0. The maximum Gasteiger partial charge on any atom is 0.193 e. The Morgan fingerprint density at radius 2 is 1.83 bits per heavy atom. The summed E-state index contributed by atoms with van der Waals surface area (Å²) >= 11 is 0. The number of nitrogens with zero attached hydrogens (tertiary/aromatic N) is 1. The summed E-state index contributed by atoms with van der Waals surface area (Å²) in [5.74, 6) is 0.667.